The van der Waals surface area contributed by atoms with Crippen molar-refractivity contribution in [2.24, 2.45) is 0 Å². The Morgan fingerprint density at radius 3 is 2.12 bits per heavy atom. The number of nitrogens with zero attached hydrogens (tertiary/aromatic N) is 2. The monoisotopic (exact) mass is 471 g/mol. The van der Waals surface area contributed by atoms with Crippen LogP contribution in [0.25, 0.3) is 0 Å². The van der Waals surface area contributed by atoms with Gasteiger partial charge in [0.05, 0.1) is 11.9 Å². The van der Waals surface area contributed by atoms with E-state index in [4.69, 9.17) is 0 Å². The number of likely N-dealkylation sites (tertiary alicyclic amines) is 1. The minimum Gasteiger partial charge on any atom is -0.350 e. The van der Waals surface area contributed by atoms with Crippen LogP contribution in [0.5, 0.6) is 0 Å². The summed E-state index contributed by atoms with van der Waals surface area (Å²) in [6, 6.07) is 13.1. The fourth-order valence-corrected chi connectivity index (χ4v) is 5.78. The lowest BCUT2D eigenvalue weighted by Crippen LogP contribution is -2.49. The summed E-state index contributed by atoms with van der Waals surface area (Å²) < 4.78 is 26.6. The first-order chi connectivity index (χ1) is 15.7. The minimum absolute atomic E-state index is 0.292. The summed E-state index contributed by atoms with van der Waals surface area (Å²) in [5.74, 6) is -0.292. The van der Waals surface area contributed by atoms with Gasteiger partial charge in [-0.2, -0.15) is 0 Å². The first-order valence-electron chi connectivity index (χ1n) is 11.8. The van der Waals surface area contributed by atoms with Crippen molar-refractivity contribution in [1.29, 1.82) is 0 Å². The van der Waals surface area contributed by atoms with Gasteiger partial charge in [0.25, 0.3) is 0 Å². The second-order valence-electron chi connectivity index (χ2n) is 9.20. The minimum atomic E-state index is -3.64. The van der Waals surface area contributed by atoms with Gasteiger partial charge in [0.1, 0.15) is 6.04 Å². The molecule has 0 unspecified atom stereocenters. The zero-order chi connectivity index (χ0) is 24.0. The van der Waals surface area contributed by atoms with Crippen LogP contribution < -0.4 is 9.62 Å². The topological polar surface area (TPSA) is 69.7 Å². The Balaban J connectivity index is 1.67. The fraction of sp³-hybridized carbons (Fsp3) is 0.500. The first kappa shape index (κ1) is 25.2. The van der Waals surface area contributed by atoms with Gasteiger partial charge >= 0.3 is 0 Å². The van der Waals surface area contributed by atoms with Crippen molar-refractivity contribution in [3.05, 3.63) is 64.7 Å². The number of hydrogen-bond donors (Lipinski definition) is 1. The zero-order valence-corrected chi connectivity index (χ0v) is 21.1. The fourth-order valence-electron chi connectivity index (χ4n) is 4.58. The summed E-state index contributed by atoms with van der Waals surface area (Å²) >= 11 is 0. The molecule has 2 aromatic carbocycles. The van der Waals surface area contributed by atoms with E-state index in [1.807, 2.05) is 51.1 Å². The number of hydrogen-bond acceptors (Lipinski definition) is 4. The van der Waals surface area contributed by atoms with Gasteiger partial charge in [-0.25, -0.2) is 8.42 Å². The van der Waals surface area contributed by atoms with Gasteiger partial charge in [0, 0.05) is 13.1 Å². The van der Waals surface area contributed by atoms with E-state index < -0.39 is 16.1 Å². The average Bonchev–Trinajstić information content (AvgIpc) is 2.75. The molecular weight excluding hydrogens is 434 g/mol. The van der Waals surface area contributed by atoms with Crippen LogP contribution in [0.1, 0.15) is 54.9 Å². The molecule has 1 aliphatic heterocycles. The quantitative estimate of drug-likeness (QED) is 0.597. The van der Waals surface area contributed by atoms with E-state index in [0.717, 1.165) is 42.6 Å². The molecule has 1 fully saturated rings. The zero-order valence-electron chi connectivity index (χ0n) is 20.3. The molecule has 1 N–H and O–H groups in total. The highest BCUT2D eigenvalue weighted by Crippen LogP contribution is 2.25. The Labute approximate surface area is 199 Å². The van der Waals surface area contributed by atoms with E-state index in [-0.39, 0.29) is 5.91 Å². The molecule has 0 aliphatic carbocycles. The molecule has 1 heterocycles. The number of benzene rings is 2. The summed E-state index contributed by atoms with van der Waals surface area (Å²) in [5, 5.41) is 2.95. The SMILES string of the molecule is CC[C@@H](C(=O)NCc1ccc(CN2CCCCC2)cc1)N(c1cc(C)cc(C)c1)S(C)(=O)=O. The molecule has 1 atom stereocenters. The lowest BCUT2D eigenvalue weighted by molar-refractivity contribution is -0.122. The maximum absolute atomic E-state index is 13.1. The molecule has 0 radical (unpaired) electrons. The Morgan fingerprint density at radius 1 is 1.00 bits per heavy atom. The molecule has 1 amide bonds. The summed E-state index contributed by atoms with van der Waals surface area (Å²) in [7, 11) is -3.64. The lowest BCUT2D eigenvalue weighted by Gasteiger charge is -2.30. The molecule has 3 rings (SSSR count). The number of piperidine rings is 1. The average molecular weight is 472 g/mol. The molecule has 1 aliphatic rings. The van der Waals surface area contributed by atoms with Crippen LogP contribution in [0.4, 0.5) is 5.69 Å². The van der Waals surface area contributed by atoms with E-state index >= 15 is 0 Å². The molecule has 0 aromatic heterocycles. The van der Waals surface area contributed by atoms with Crippen molar-refractivity contribution in [3.63, 3.8) is 0 Å². The molecule has 1 saturated heterocycles. The van der Waals surface area contributed by atoms with Crippen LogP contribution >= 0.6 is 0 Å². The number of sulfonamides is 1. The van der Waals surface area contributed by atoms with Gasteiger partial charge in [-0.15, -0.1) is 0 Å². The van der Waals surface area contributed by atoms with E-state index in [9.17, 15) is 13.2 Å². The molecular formula is C26H37N3O3S. The maximum atomic E-state index is 13.1. The van der Waals surface area contributed by atoms with Gasteiger partial charge in [-0.05, 0) is 80.6 Å². The molecule has 6 nitrogen and oxygen atoms in total. The summed E-state index contributed by atoms with van der Waals surface area (Å²) in [6.45, 7) is 9.33. The van der Waals surface area contributed by atoms with Gasteiger partial charge in [0.15, 0.2) is 0 Å². The van der Waals surface area contributed by atoms with Crippen molar-refractivity contribution >= 4 is 21.6 Å². The van der Waals surface area contributed by atoms with Crippen LogP contribution in [0.3, 0.4) is 0 Å². The largest absolute Gasteiger partial charge is 0.350 e. The third-order valence-corrected chi connectivity index (χ3v) is 7.32. The van der Waals surface area contributed by atoms with Crippen LogP contribution in [0.15, 0.2) is 42.5 Å². The Kier molecular flexibility index (Phi) is 8.54. The predicted octanol–water partition coefficient (Wildman–Crippen LogP) is 4.15. The molecule has 33 heavy (non-hydrogen) atoms. The number of aryl methyl sites for hydroxylation is 2. The normalized spacial score (nSPS) is 15.8. The van der Waals surface area contributed by atoms with E-state index in [2.05, 4.69) is 22.3 Å². The van der Waals surface area contributed by atoms with Crippen molar-refractivity contribution in [1.82, 2.24) is 10.2 Å². The van der Waals surface area contributed by atoms with Crippen molar-refractivity contribution in [3.8, 4) is 0 Å². The number of anilines is 1. The number of carbonyl (C=O) groups excluding carboxylic acids is 1. The van der Waals surface area contributed by atoms with Crippen LogP contribution in [0.2, 0.25) is 0 Å². The molecule has 7 heteroatoms. The highest BCUT2D eigenvalue weighted by molar-refractivity contribution is 7.92. The van der Waals surface area contributed by atoms with Crippen molar-refractivity contribution < 1.29 is 13.2 Å². The van der Waals surface area contributed by atoms with Crippen LogP contribution in [0, 0.1) is 13.8 Å². The Hall–Kier alpha value is -2.38. The standard InChI is InChI=1S/C26H37N3O3S/c1-5-25(29(33(4,31)32)24-16-20(2)15-21(3)17-24)26(30)27-18-22-9-11-23(12-10-22)19-28-13-7-6-8-14-28/h9-12,15-17,25H,5-8,13-14,18-19H2,1-4H3,(H,27,30)/t25-/m0/s1. The maximum Gasteiger partial charge on any atom is 0.244 e. The summed E-state index contributed by atoms with van der Waals surface area (Å²) in [5.41, 5.74) is 4.71. The van der Waals surface area contributed by atoms with Crippen LogP contribution in [-0.4, -0.2) is 44.6 Å². The van der Waals surface area contributed by atoms with Gasteiger partial charge < -0.3 is 5.32 Å². The number of rotatable bonds is 9. The van der Waals surface area contributed by atoms with Crippen molar-refractivity contribution in [2.75, 3.05) is 23.7 Å². The van der Waals surface area contributed by atoms with Crippen molar-refractivity contribution in [2.45, 2.75) is 65.6 Å². The number of nitrogens with one attached hydrogen (secondary N) is 1. The summed E-state index contributed by atoms with van der Waals surface area (Å²) in [6.07, 6.45) is 5.40. The number of amides is 1. The molecule has 2 aromatic rings. The first-order valence-corrected chi connectivity index (χ1v) is 13.7. The molecule has 0 bridgehead atoms. The van der Waals surface area contributed by atoms with Gasteiger partial charge in [0.2, 0.25) is 15.9 Å². The third-order valence-electron chi connectivity index (χ3n) is 6.14. The molecule has 0 saturated carbocycles. The summed E-state index contributed by atoms with van der Waals surface area (Å²) in [4.78, 5) is 15.6. The number of carbonyl (C=O) groups is 1. The second-order valence-corrected chi connectivity index (χ2v) is 11.1. The third kappa shape index (κ3) is 7.05. The highest BCUT2D eigenvalue weighted by atomic mass is 32.2. The Bertz CT molecular complexity index is 1020. The molecule has 180 valence electrons. The lowest BCUT2D eigenvalue weighted by atomic mass is 10.1. The highest BCUT2D eigenvalue weighted by Gasteiger charge is 2.31. The Morgan fingerprint density at radius 2 is 1.58 bits per heavy atom. The van der Waals surface area contributed by atoms with E-state index in [1.54, 1.807) is 0 Å². The van der Waals surface area contributed by atoms with E-state index in [0.29, 0.717) is 18.7 Å². The van der Waals surface area contributed by atoms with Gasteiger partial charge in [-0.1, -0.05) is 43.7 Å². The van der Waals surface area contributed by atoms with Crippen LogP contribution in [-0.2, 0) is 27.9 Å². The predicted molar refractivity (Wildman–Crippen MR) is 135 cm³/mol. The molecule has 0 spiro atoms. The smallest absolute Gasteiger partial charge is 0.244 e. The van der Waals surface area contributed by atoms with Gasteiger partial charge in [-0.3, -0.25) is 14.0 Å². The second kappa shape index (κ2) is 11.2. The van der Waals surface area contributed by atoms with E-state index in [1.165, 1.54) is 29.1 Å².